The molecule has 0 saturated carbocycles. The Labute approximate surface area is 115 Å². The summed E-state index contributed by atoms with van der Waals surface area (Å²) in [5, 5.41) is 3.01. The first-order valence-corrected chi connectivity index (χ1v) is 6.71. The average Bonchev–Trinajstić information content (AvgIpc) is 2.37. The minimum absolute atomic E-state index is 0.0107. The molecule has 0 aliphatic carbocycles. The van der Waals surface area contributed by atoms with Gasteiger partial charge in [0.05, 0.1) is 6.61 Å². The van der Waals surface area contributed by atoms with Crippen molar-refractivity contribution in [1.29, 1.82) is 0 Å². The van der Waals surface area contributed by atoms with Crippen LogP contribution in [-0.4, -0.2) is 26.9 Å². The number of benzene rings is 1. The van der Waals surface area contributed by atoms with Gasteiger partial charge < -0.3 is 14.8 Å². The molecule has 0 heterocycles. The zero-order chi connectivity index (χ0) is 14.3. The Bertz CT molecular complexity index is 382. The van der Waals surface area contributed by atoms with Crippen LogP contribution >= 0.6 is 0 Å². The van der Waals surface area contributed by atoms with E-state index in [4.69, 9.17) is 9.47 Å². The van der Waals surface area contributed by atoms with E-state index in [1.54, 1.807) is 19.2 Å². The van der Waals surface area contributed by atoms with Crippen LogP contribution in [0.2, 0.25) is 0 Å². The number of nitrogens with one attached hydrogen (secondary N) is 1. The third-order valence-corrected chi connectivity index (χ3v) is 2.82. The molecule has 3 nitrogen and oxygen atoms in total. The summed E-state index contributed by atoms with van der Waals surface area (Å²) in [5.74, 6) is 0.805. The molecule has 0 fully saturated rings. The van der Waals surface area contributed by atoms with Crippen LogP contribution in [-0.2, 0) is 4.74 Å². The molecule has 0 aliphatic rings. The Balaban J connectivity index is 2.41. The Morgan fingerprint density at radius 2 is 1.95 bits per heavy atom. The van der Waals surface area contributed by atoms with E-state index in [-0.39, 0.29) is 11.9 Å². The lowest BCUT2D eigenvalue weighted by Crippen LogP contribution is -2.14. The highest BCUT2D eigenvalue weighted by Crippen LogP contribution is 2.21. The Morgan fingerprint density at radius 1 is 1.21 bits per heavy atom. The van der Waals surface area contributed by atoms with Gasteiger partial charge in [0, 0.05) is 24.3 Å². The lowest BCUT2D eigenvalue weighted by atomic mass is 10.1. The molecule has 0 bridgehead atoms. The van der Waals surface area contributed by atoms with Crippen LogP contribution in [0.1, 0.15) is 32.4 Å². The first-order chi connectivity index (χ1) is 9.04. The first-order valence-electron chi connectivity index (χ1n) is 6.71. The summed E-state index contributed by atoms with van der Waals surface area (Å²) >= 11 is 0. The van der Waals surface area contributed by atoms with Gasteiger partial charge in [0.15, 0.2) is 0 Å². The Kier molecular flexibility index (Phi) is 6.81. The highest BCUT2D eigenvalue weighted by atomic mass is 19.1. The van der Waals surface area contributed by atoms with Crippen LogP contribution in [0, 0.1) is 11.7 Å². The fourth-order valence-corrected chi connectivity index (χ4v) is 1.64. The van der Waals surface area contributed by atoms with Crippen LogP contribution < -0.4 is 10.1 Å². The average molecular weight is 269 g/mol. The second kappa shape index (κ2) is 8.12. The van der Waals surface area contributed by atoms with Gasteiger partial charge in [0.25, 0.3) is 0 Å². The zero-order valence-electron chi connectivity index (χ0n) is 12.2. The molecule has 1 atom stereocenters. The van der Waals surface area contributed by atoms with Gasteiger partial charge in [0.2, 0.25) is 0 Å². The van der Waals surface area contributed by atoms with E-state index < -0.39 is 0 Å². The van der Waals surface area contributed by atoms with Crippen molar-refractivity contribution in [1.82, 2.24) is 5.32 Å². The normalized spacial score (nSPS) is 12.7. The molecule has 0 aromatic heterocycles. The summed E-state index contributed by atoms with van der Waals surface area (Å²) in [5.41, 5.74) is 0.644. The van der Waals surface area contributed by atoms with Gasteiger partial charge in [-0.25, -0.2) is 4.39 Å². The van der Waals surface area contributed by atoms with E-state index >= 15 is 0 Å². The van der Waals surface area contributed by atoms with Crippen LogP contribution in [0.3, 0.4) is 0 Å². The van der Waals surface area contributed by atoms with Gasteiger partial charge in [-0.3, -0.25) is 0 Å². The number of rotatable bonds is 8. The molecule has 0 saturated heterocycles. The van der Waals surface area contributed by atoms with E-state index in [0.29, 0.717) is 30.4 Å². The van der Waals surface area contributed by atoms with Crippen molar-refractivity contribution in [3.05, 3.63) is 29.6 Å². The first kappa shape index (κ1) is 15.9. The largest absolute Gasteiger partial charge is 0.491 e. The molecule has 1 N–H and O–H groups in total. The third kappa shape index (κ3) is 5.57. The molecule has 0 amide bonds. The van der Waals surface area contributed by atoms with Gasteiger partial charge in [-0.05, 0) is 26.0 Å². The number of ether oxygens (including phenoxy) is 2. The van der Waals surface area contributed by atoms with E-state index in [9.17, 15) is 4.39 Å². The number of hydrogen-bond donors (Lipinski definition) is 1. The molecule has 0 aliphatic heterocycles. The SMILES string of the molecule is CNC(C)c1ccc(OCCOCC(C)C)cc1F. The monoisotopic (exact) mass is 269 g/mol. The molecule has 0 spiro atoms. The van der Waals surface area contributed by atoms with E-state index in [2.05, 4.69) is 19.2 Å². The Morgan fingerprint density at radius 3 is 2.53 bits per heavy atom. The standard InChI is InChI=1S/C15H24FNO2/c1-11(2)10-18-7-8-19-13-5-6-14(12(3)17-4)15(16)9-13/h5-6,9,11-12,17H,7-8,10H2,1-4H3. The fourth-order valence-electron chi connectivity index (χ4n) is 1.64. The predicted molar refractivity (Wildman–Crippen MR) is 75.0 cm³/mol. The second-order valence-electron chi connectivity index (χ2n) is 5.01. The van der Waals surface area contributed by atoms with Crippen LogP contribution in [0.5, 0.6) is 5.75 Å². The van der Waals surface area contributed by atoms with Crippen LogP contribution in [0.4, 0.5) is 4.39 Å². The maximum absolute atomic E-state index is 13.8. The van der Waals surface area contributed by atoms with E-state index in [1.807, 2.05) is 6.92 Å². The van der Waals surface area contributed by atoms with Gasteiger partial charge in [0.1, 0.15) is 18.2 Å². The van der Waals surface area contributed by atoms with Crippen molar-refractivity contribution < 1.29 is 13.9 Å². The fraction of sp³-hybridized carbons (Fsp3) is 0.600. The summed E-state index contributed by atoms with van der Waals surface area (Å²) in [4.78, 5) is 0. The number of halogens is 1. The lowest BCUT2D eigenvalue weighted by molar-refractivity contribution is 0.0818. The maximum atomic E-state index is 13.8. The number of hydrogen-bond acceptors (Lipinski definition) is 3. The van der Waals surface area contributed by atoms with Crippen molar-refractivity contribution in [3.63, 3.8) is 0 Å². The van der Waals surface area contributed by atoms with Gasteiger partial charge >= 0.3 is 0 Å². The second-order valence-corrected chi connectivity index (χ2v) is 5.01. The topological polar surface area (TPSA) is 30.5 Å². The van der Waals surface area contributed by atoms with Crippen molar-refractivity contribution in [2.24, 2.45) is 5.92 Å². The smallest absolute Gasteiger partial charge is 0.131 e. The molecule has 1 aromatic carbocycles. The predicted octanol–water partition coefficient (Wildman–Crippen LogP) is 3.16. The minimum Gasteiger partial charge on any atom is -0.491 e. The summed E-state index contributed by atoms with van der Waals surface area (Å²) in [6.07, 6.45) is 0. The summed E-state index contributed by atoms with van der Waals surface area (Å²) in [7, 11) is 1.81. The lowest BCUT2D eigenvalue weighted by Gasteiger charge is -2.13. The summed E-state index contributed by atoms with van der Waals surface area (Å²) in [6.45, 7) is 7.78. The molecular weight excluding hydrogens is 245 g/mol. The molecular formula is C15H24FNO2. The molecule has 108 valence electrons. The van der Waals surface area contributed by atoms with E-state index in [0.717, 1.165) is 6.61 Å². The Hall–Kier alpha value is -1.13. The summed E-state index contributed by atoms with van der Waals surface area (Å²) < 4.78 is 24.7. The van der Waals surface area contributed by atoms with Crippen LogP contribution in [0.15, 0.2) is 18.2 Å². The van der Waals surface area contributed by atoms with Crippen molar-refractivity contribution >= 4 is 0 Å². The van der Waals surface area contributed by atoms with Crippen molar-refractivity contribution in [2.45, 2.75) is 26.8 Å². The molecule has 19 heavy (non-hydrogen) atoms. The molecule has 1 unspecified atom stereocenters. The van der Waals surface area contributed by atoms with Gasteiger partial charge in [-0.1, -0.05) is 19.9 Å². The highest BCUT2D eigenvalue weighted by Gasteiger charge is 2.09. The quantitative estimate of drug-likeness (QED) is 0.735. The molecule has 1 aromatic rings. The third-order valence-electron chi connectivity index (χ3n) is 2.82. The molecule has 4 heteroatoms. The molecule has 1 rings (SSSR count). The highest BCUT2D eigenvalue weighted by molar-refractivity contribution is 5.30. The van der Waals surface area contributed by atoms with E-state index in [1.165, 1.54) is 6.07 Å². The van der Waals surface area contributed by atoms with Gasteiger partial charge in [-0.15, -0.1) is 0 Å². The maximum Gasteiger partial charge on any atom is 0.131 e. The minimum atomic E-state index is -0.248. The summed E-state index contributed by atoms with van der Waals surface area (Å²) in [6, 6.07) is 4.95. The van der Waals surface area contributed by atoms with Crippen molar-refractivity contribution in [2.75, 3.05) is 26.9 Å². The van der Waals surface area contributed by atoms with Crippen LogP contribution in [0.25, 0.3) is 0 Å². The van der Waals surface area contributed by atoms with Crippen molar-refractivity contribution in [3.8, 4) is 5.75 Å². The zero-order valence-corrected chi connectivity index (χ0v) is 12.2. The molecule has 0 radical (unpaired) electrons. The van der Waals surface area contributed by atoms with Gasteiger partial charge in [-0.2, -0.15) is 0 Å².